The number of amides is 2. The topological polar surface area (TPSA) is 60.9 Å². The molecule has 116 valence electrons. The third-order valence-electron chi connectivity index (χ3n) is 3.28. The number of carboxylic acids is 1. The number of hydrogen-bond acceptors (Lipinski definition) is 3. The van der Waals surface area contributed by atoms with Gasteiger partial charge in [-0.2, -0.15) is 11.8 Å². The second kappa shape index (κ2) is 6.70. The summed E-state index contributed by atoms with van der Waals surface area (Å²) in [4.78, 5) is 27.0. The van der Waals surface area contributed by atoms with Crippen LogP contribution in [0.15, 0.2) is 0 Å². The maximum absolute atomic E-state index is 12.7. The van der Waals surface area contributed by atoms with Crippen molar-refractivity contribution in [2.24, 2.45) is 0 Å². The molecule has 0 saturated carbocycles. The fourth-order valence-electron chi connectivity index (χ4n) is 2.43. The van der Waals surface area contributed by atoms with E-state index in [9.17, 15) is 9.59 Å². The van der Waals surface area contributed by atoms with Crippen LogP contribution in [0.3, 0.4) is 0 Å². The van der Waals surface area contributed by atoms with Gasteiger partial charge in [0.15, 0.2) is 0 Å². The average Bonchev–Trinajstić information content (AvgIpc) is 2.25. The van der Waals surface area contributed by atoms with E-state index in [1.807, 2.05) is 37.4 Å². The standard InChI is InChI=1S/C14H26N2O3S/c1-10-8-15(9-11(2)20-10)13(19)16(14(3,4)5)7-6-12(17)18/h10-11H,6-9H2,1-5H3,(H,17,18). The molecule has 0 bridgehead atoms. The fraction of sp³-hybridized carbons (Fsp3) is 0.857. The van der Waals surface area contributed by atoms with Crippen LogP contribution in [0.5, 0.6) is 0 Å². The van der Waals surface area contributed by atoms with Crippen molar-refractivity contribution in [1.82, 2.24) is 9.80 Å². The Morgan fingerprint density at radius 1 is 1.25 bits per heavy atom. The van der Waals surface area contributed by atoms with Crippen LogP contribution in [0.25, 0.3) is 0 Å². The lowest BCUT2D eigenvalue weighted by Gasteiger charge is -2.42. The first-order chi connectivity index (χ1) is 9.11. The quantitative estimate of drug-likeness (QED) is 0.870. The molecule has 2 atom stereocenters. The third-order valence-corrected chi connectivity index (χ3v) is 4.51. The molecule has 0 aromatic carbocycles. The van der Waals surface area contributed by atoms with E-state index in [0.29, 0.717) is 10.5 Å². The molecule has 5 nitrogen and oxygen atoms in total. The highest BCUT2D eigenvalue weighted by Crippen LogP contribution is 2.26. The van der Waals surface area contributed by atoms with Crippen molar-refractivity contribution in [1.29, 1.82) is 0 Å². The van der Waals surface area contributed by atoms with Crippen LogP contribution in [0.1, 0.15) is 41.0 Å². The summed E-state index contributed by atoms with van der Waals surface area (Å²) in [7, 11) is 0. The normalized spacial score (nSPS) is 23.6. The third kappa shape index (κ3) is 4.89. The summed E-state index contributed by atoms with van der Waals surface area (Å²) in [5.41, 5.74) is -0.371. The maximum atomic E-state index is 12.7. The van der Waals surface area contributed by atoms with Crippen LogP contribution in [0, 0.1) is 0 Å². The Balaban J connectivity index is 2.79. The van der Waals surface area contributed by atoms with Crippen LogP contribution < -0.4 is 0 Å². The van der Waals surface area contributed by atoms with Gasteiger partial charge in [-0.3, -0.25) is 4.79 Å². The molecule has 0 aromatic rings. The van der Waals surface area contributed by atoms with Crippen molar-refractivity contribution in [3.63, 3.8) is 0 Å². The molecule has 1 aliphatic rings. The van der Waals surface area contributed by atoms with Gasteiger partial charge in [0.25, 0.3) is 0 Å². The summed E-state index contributed by atoms with van der Waals surface area (Å²) in [6.07, 6.45) is -0.0172. The molecule has 2 amide bonds. The summed E-state index contributed by atoms with van der Waals surface area (Å²) >= 11 is 1.89. The van der Waals surface area contributed by atoms with E-state index in [-0.39, 0.29) is 24.5 Å². The zero-order chi connectivity index (χ0) is 15.5. The number of carboxylic acid groups (broad SMARTS) is 1. The summed E-state index contributed by atoms with van der Waals surface area (Å²) in [5, 5.41) is 9.69. The van der Waals surface area contributed by atoms with Crippen LogP contribution in [-0.4, -0.2) is 62.6 Å². The summed E-state index contributed by atoms with van der Waals surface area (Å²) in [6.45, 7) is 11.8. The van der Waals surface area contributed by atoms with Gasteiger partial charge in [0.1, 0.15) is 0 Å². The SMILES string of the molecule is CC1CN(C(=O)N(CCC(=O)O)C(C)(C)C)CC(C)S1. The molecule has 0 spiro atoms. The van der Waals surface area contributed by atoms with Crippen molar-refractivity contribution in [3.05, 3.63) is 0 Å². The van der Waals surface area contributed by atoms with Crippen molar-refractivity contribution >= 4 is 23.8 Å². The molecule has 1 fully saturated rings. The second-order valence-electron chi connectivity index (χ2n) is 6.41. The van der Waals surface area contributed by atoms with Gasteiger partial charge >= 0.3 is 12.0 Å². The van der Waals surface area contributed by atoms with Gasteiger partial charge < -0.3 is 14.9 Å². The molecule has 0 aromatic heterocycles. The zero-order valence-electron chi connectivity index (χ0n) is 13.0. The molecule has 1 N–H and O–H groups in total. The monoisotopic (exact) mass is 302 g/mol. The first-order valence-electron chi connectivity index (χ1n) is 7.05. The van der Waals surface area contributed by atoms with Gasteiger partial charge in [0, 0.05) is 35.7 Å². The number of aliphatic carboxylic acids is 1. The van der Waals surface area contributed by atoms with Gasteiger partial charge in [-0.05, 0) is 20.8 Å². The Morgan fingerprint density at radius 3 is 2.15 bits per heavy atom. The predicted octanol–water partition coefficient (Wildman–Crippen LogP) is 2.51. The van der Waals surface area contributed by atoms with E-state index >= 15 is 0 Å². The number of nitrogens with zero attached hydrogens (tertiary/aromatic N) is 2. The van der Waals surface area contributed by atoms with Crippen LogP contribution in [0.2, 0.25) is 0 Å². The molecule has 1 heterocycles. The van der Waals surface area contributed by atoms with E-state index in [1.54, 1.807) is 4.90 Å². The maximum Gasteiger partial charge on any atom is 0.320 e. The van der Waals surface area contributed by atoms with E-state index in [2.05, 4.69) is 13.8 Å². The molecule has 1 aliphatic heterocycles. The molecule has 0 aliphatic carbocycles. The lowest BCUT2D eigenvalue weighted by molar-refractivity contribution is -0.137. The van der Waals surface area contributed by atoms with Crippen LogP contribution >= 0.6 is 11.8 Å². The average molecular weight is 302 g/mol. The highest BCUT2D eigenvalue weighted by atomic mass is 32.2. The molecule has 20 heavy (non-hydrogen) atoms. The smallest absolute Gasteiger partial charge is 0.320 e. The van der Waals surface area contributed by atoms with Crippen LogP contribution in [0.4, 0.5) is 4.79 Å². The largest absolute Gasteiger partial charge is 0.481 e. The van der Waals surface area contributed by atoms with Gasteiger partial charge in [0.2, 0.25) is 0 Å². The molecule has 2 unspecified atom stereocenters. The van der Waals surface area contributed by atoms with E-state index in [0.717, 1.165) is 13.1 Å². The van der Waals surface area contributed by atoms with Crippen LogP contribution in [-0.2, 0) is 4.79 Å². The summed E-state index contributed by atoms with van der Waals surface area (Å²) < 4.78 is 0. The molecular formula is C14H26N2O3S. The van der Waals surface area contributed by atoms with E-state index < -0.39 is 5.97 Å². The number of thioether (sulfide) groups is 1. The Labute approximate surface area is 125 Å². The Hall–Kier alpha value is -0.910. The molecule has 0 radical (unpaired) electrons. The van der Waals surface area contributed by atoms with Gasteiger partial charge in [-0.1, -0.05) is 13.8 Å². The first-order valence-corrected chi connectivity index (χ1v) is 7.99. The fourth-order valence-corrected chi connectivity index (χ4v) is 3.76. The first kappa shape index (κ1) is 17.1. The number of rotatable bonds is 3. The Bertz CT molecular complexity index is 358. The van der Waals surface area contributed by atoms with E-state index in [4.69, 9.17) is 5.11 Å². The lowest BCUT2D eigenvalue weighted by Crippen LogP contribution is -2.56. The Morgan fingerprint density at radius 2 is 1.75 bits per heavy atom. The van der Waals surface area contributed by atoms with Crippen molar-refractivity contribution < 1.29 is 14.7 Å². The Kier molecular flexibility index (Phi) is 5.74. The zero-order valence-corrected chi connectivity index (χ0v) is 13.9. The van der Waals surface area contributed by atoms with Gasteiger partial charge in [0.05, 0.1) is 6.42 Å². The number of urea groups is 1. The summed E-state index contributed by atoms with van der Waals surface area (Å²) in [5.74, 6) is -0.872. The molecule has 1 saturated heterocycles. The number of carbonyl (C=O) groups excluding carboxylic acids is 1. The van der Waals surface area contributed by atoms with E-state index in [1.165, 1.54) is 0 Å². The highest BCUT2D eigenvalue weighted by molar-refractivity contribution is 8.00. The molecule has 1 rings (SSSR count). The second-order valence-corrected chi connectivity index (χ2v) is 8.29. The predicted molar refractivity (Wildman–Crippen MR) is 82.2 cm³/mol. The van der Waals surface area contributed by atoms with Crippen molar-refractivity contribution in [2.45, 2.75) is 57.1 Å². The number of hydrogen-bond donors (Lipinski definition) is 1. The minimum atomic E-state index is -0.872. The molecule has 6 heteroatoms. The van der Waals surface area contributed by atoms with Crippen molar-refractivity contribution in [3.8, 4) is 0 Å². The minimum absolute atomic E-state index is 0.0172. The van der Waals surface area contributed by atoms with Crippen molar-refractivity contribution in [2.75, 3.05) is 19.6 Å². The number of carbonyl (C=O) groups is 2. The molecular weight excluding hydrogens is 276 g/mol. The highest BCUT2D eigenvalue weighted by Gasteiger charge is 2.33. The summed E-state index contributed by atoms with van der Waals surface area (Å²) in [6, 6.07) is -0.0437. The lowest BCUT2D eigenvalue weighted by atomic mass is 10.1. The van der Waals surface area contributed by atoms with Gasteiger partial charge in [-0.15, -0.1) is 0 Å². The minimum Gasteiger partial charge on any atom is -0.481 e. The van der Waals surface area contributed by atoms with Gasteiger partial charge in [-0.25, -0.2) is 4.79 Å².